The van der Waals surface area contributed by atoms with Crippen molar-refractivity contribution in [2.45, 2.75) is 19.6 Å². The van der Waals surface area contributed by atoms with Crippen molar-refractivity contribution < 1.29 is 0 Å². The lowest BCUT2D eigenvalue weighted by molar-refractivity contribution is 0.601. The molecule has 16 heteroatoms. The van der Waals surface area contributed by atoms with E-state index in [1.807, 2.05) is 36.4 Å². The van der Waals surface area contributed by atoms with Gasteiger partial charge in [0, 0.05) is 9.50 Å². The molecule has 12 nitrogen and oxygen atoms in total. The summed E-state index contributed by atoms with van der Waals surface area (Å²) >= 11 is 14.1. The van der Waals surface area contributed by atoms with Crippen molar-refractivity contribution in [3.05, 3.63) is 101 Å². The van der Waals surface area contributed by atoms with Crippen LogP contribution in [0.4, 0.5) is 11.6 Å². The number of nitrogens with two attached hydrogens (primary N) is 2. The highest BCUT2D eigenvalue weighted by Gasteiger charge is 2.20. The Bertz CT molecular complexity index is 2130. The zero-order chi connectivity index (χ0) is 30.2. The van der Waals surface area contributed by atoms with E-state index in [4.69, 9.17) is 28.1 Å². The summed E-state index contributed by atoms with van der Waals surface area (Å²) in [7, 11) is 0. The number of nitrogen functional groups attached to an aromatic ring is 2. The Labute approximate surface area is 284 Å². The Morgan fingerprint density at radius 2 is 1.70 bits per heavy atom. The number of rotatable bonds is 4. The third-order valence-electron chi connectivity index (χ3n) is 6.63. The summed E-state index contributed by atoms with van der Waals surface area (Å²) in [4.78, 5) is 38.9. The number of aliphatic imine (C=N–C) groups is 1. The maximum atomic E-state index is 13.6. The molecular formula is C27H19BrClI2N11O. The van der Waals surface area contributed by atoms with Gasteiger partial charge in [0.1, 0.15) is 44.1 Å². The smallest absolute Gasteiger partial charge is 0.262 e. The molecule has 43 heavy (non-hydrogen) atoms. The summed E-state index contributed by atoms with van der Waals surface area (Å²) in [5.74, 6) is 1.41. The lowest BCUT2D eigenvalue weighted by atomic mass is 10.2. The molecule has 0 saturated heterocycles. The largest absolute Gasteiger partial charge is 0.383 e. The fourth-order valence-electron chi connectivity index (χ4n) is 4.59. The first-order chi connectivity index (χ1) is 20.7. The van der Waals surface area contributed by atoms with Crippen LogP contribution in [0.25, 0.3) is 21.9 Å². The van der Waals surface area contributed by atoms with E-state index in [1.165, 1.54) is 12.7 Å². The first-order valence-electron chi connectivity index (χ1n) is 12.6. The van der Waals surface area contributed by atoms with Gasteiger partial charge in [-0.25, -0.2) is 29.6 Å². The van der Waals surface area contributed by atoms with Crippen molar-refractivity contribution in [1.82, 2.24) is 39.3 Å². The maximum absolute atomic E-state index is 13.6. The molecular weight excluding hydrogens is 864 g/mol. The Morgan fingerprint density at radius 1 is 0.930 bits per heavy atom. The molecule has 1 aliphatic rings. The molecule has 6 aromatic rings. The molecule has 4 N–H and O–H groups in total. The molecule has 0 aliphatic carbocycles. The maximum Gasteiger partial charge on any atom is 0.262 e. The summed E-state index contributed by atoms with van der Waals surface area (Å²) in [6.45, 7) is 1.13. The quantitative estimate of drug-likeness (QED) is 0.232. The molecule has 0 spiro atoms. The Kier molecular flexibility index (Phi) is 8.56. The minimum atomic E-state index is -0.169. The van der Waals surface area contributed by atoms with E-state index < -0.39 is 0 Å². The first-order valence-corrected chi connectivity index (χ1v) is 15.9. The number of fused-ring (bicyclic) bond motifs is 3. The topological polar surface area (TPSA) is 169 Å². The normalized spacial score (nSPS) is 12.2. The number of benzene rings is 2. The molecule has 2 aromatic carbocycles. The van der Waals surface area contributed by atoms with E-state index in [0.29, 0.717) is 59.1 Å². The summed E-state index contributed by atoms with van der Waals surface area (Å²) in [6, 6.07) is 12.9. The fraction of sp³-hybridized carbons (Fsp3) is 0.111. The number of hydrogen-bond acceptors (Lipinski definition) is 10. The van der Waals surface area contributed by atoms with Gasteiger partial charge in [-0.2, -0.15) is 5.10 Å². The van der Waals surface area contributed by atoms with Gasteiger partial charge in [0.2, 0.25) is 0 Å². The monoisotopic (exact) mass is 881 g/mol. The molecule has 0 atom stereocenters. The van der Waals surface area contributed by atoms with Crippen molar-refractivity contribution >= 4 is 110 Å². The Balaban J connectivity index is 0.000000250. The summed E-state index contributed by atoms with van der Waals surface area (Å²) in [6.07, 6.45) is 2.87. The zero-order valence-electron chi connectivity index (χ0n) is 21.9. The predicted octanol–water partition coefficient (Wildman–Crippen LogP) is 4.99. The van der Waals surface area contributed by atoms with E-state index in [0.717, 1.165) is 20.5 Å². The van der Waals surface area contributed by atoms with Gasteiger partial charge in [-0.3, -0.25) is 14.4 Å². The first kappa shape index (κ1) is 29.8. The molecule has 0 radical (unpaired) electrons. The van der Waals surface area contributed by atoms with Crippen LogP contribution in [-0.2, 0) is 19.6 Å². The van der Waals surface area contributed by atoms with Crippen LogP contribution in [0, 0.1) is 3.70 Å². The second-order valence-corrected chi connectivity index (χ2v) is 12.5. The van der Waals surface area contributed by atoms with Crippen molar-refractivity contribution in [2.24, 2.45) is 4.99 Å². The van der Waals surface area contributed by atoms with Crippen LogP contribution in [0.5, 0.6) is 0 Å². The Hall–Kier alpha value is -3.29. The van der Waals surface area contributed by atoms with E-state index >= 15 is 0 Å². The van der Waals surface area contributed by atoms with E-state index in [-0.39, 0.29) is 18.6 Å². The molecule has 5 heterocycles. The molecule has 0 bridgehead atoms. The number of aromatic nitrogens is 8. The predicted molar refractivity (Wildman–Crippen MR) is 187 cm³/mol. The average molecular weight is 883 g/mol. The van der Waals surface area contributed by atoms with Gasteiger partial charge in [0.25, 0.3) is 5.56 Å². The zero-order valence-corrected chi connectivity index (χ0v) is 28.6. The van der Waals surface area contributed by atoms with Crippen molar-refractivity contribution in [3.8, 4) is 0 Å². The third kappa shape index (κ3) is 5.82. The molecule has 0 unspecified atom stereocenters. The van der Waals surface area contributed by atoms with Gasteiger partial charge >= 0.3 is 0 Å². The van der Waals surface area contributed by atoms with E-state index in [2.05, 4.69) is 91.1 Å². The number of halogens is 4. The SMILES string of the molecule is Nc1ncnc2c1C(I)=NC2.Nc1ncnc2c1c(I)nn2Cc1nc2cccc(Br)c2c(=O)n1Cc1ccccc1Cl. The average Bonchev–Trinajstić information content (AvgIpc) is 3.52. The fourth-order valence-corrected chi connectivity index (χ4v) is 6.84. The number of hydrogen-bond donors (Lipinski definition) is 2. The van der Waals surface area contributed by atoms with Gasteiger partial charge in [-0.15, -0.1) is 0 Å². The summed E-state index contributed by atoms with van der Waals surface area (Å²) in [5.41, 5.74) is 15.3. The molecule has 1 aliphatic heterocycles. The highest BCUT2D eigenvalue weighted by atomic mass is 127. The second-order valence-electron chi connectivity index (χ2n) is 9.24. The molecule has 0 saturated carbocycles. The highest BCUT2D eigenvalue weighted by molar-refractivity contribution is 14.1. The van der Waals surface area contributed by atoms with Gasteiger partial charge in [-0.05, 0) is 84.9 Å². The summed E-state index contributed by atoms with van der Waals surface area (Å²) < 4.78 is 5.59. The van der Waals surface area contributed by atoms with Crippen LogP contribution in [-0.4, -0.2) is 43.0 Å². The molecule has 7 rings (SSSR count). The number of nitrogens with zero attached hydrogens (tertiary/aromatic N) is 9. The minimum absolute atomic E-state index is 0.169. The Morgan fingerprint density at radius 3 is 2.49 bits per heavy atom. The van der Waals surface area contributed by atoms with Crippen molar-refractivity contribution in [3.63, 3.8) is 0 Å². The third-order valence-corrected chi connectivity index (χ3v) is 9.30. The van der Waals surface area contributed by atoms with Crippen LogP contribution in [0.15, 0.2) is 69.4 Å². The highest BCUT2D eigenvalue weighted by Crippen LogP contribution is 2.26. The van der Waals surface area contributed by atoms with Crippen LogP contribution in [0.2, 0.25) is 5.02 Å². The minimum Gasteiger partial charge on any atom is -0.383 e. The molecule has 0 amide bonds. The van der Waals surface area contributed by atoms with E-state index in [1.54, 1.807) is 15.3 Å². The standard InChI is InChI=1S/C21H14BrClIN7O.C6H5IN4/c22-12-5-3-7-14-16(12)21(32)30(8-11-4-1-2-6-13(11)23)15(28-14)9-31-20-17(18(24)29-31)19(25)26-10-27-20;7-5-4-3(1-9-5)10-2-11-6(4)8/h1-7,10H,8-9H2,(H2,25,26,27);2H,1H2,(H2,8,10,11). The van der Waals surface area contributed by atoms with Crippen LogP contribution in [0.3, 0.4) is 0 Å². The molecule has 216 valence electrons. The summed E-state index contributed by atoms with van der Waals surface area (Å²) in [5, 5.41) is 6.34. The second kappa shape index (κ2) is 12.4. The van der Waals surface area contributed by atoms with Crippen molar-refractivity contribution in [2.75, 3.05) is 11.5 Å². The van der Waals surface area contributed by atoms with Crippen LogP contribution in [0.1, 0.15) is 22.6 Å². The van der Waals surface area contributed by atoms with E-state index in [9.17, 15) is 4.79 Å². The molecule has 0 fully saturated rings. The van der Waals surface area contributed by atoms with Crippen LogP contribution < -0.4 is 17.0 Å². The van der Waals surface area contributed by atoms with Crippen LogP contribution >= 0.6 is 72.7 Å². The number of anilines is 2. The van der Waals surface area contributed by atoms with Gasteiger partial charge in [-0.1, -0.05) is 35.9 Å². The van der Waals surface area contributed by atoms with Crippen molar-refractivity contribution in [1.29, 1.82) is 0 Å². The lowest BCUT2D eigenvalue weighted by Crippen LogP contribution is -2.28. The lowest BCUT2D eigenvalue weighted by Gasteiger charge is -2.15. The van der Waals surface area contributed by atoms with Gasteiger partial charge in [0.05, 0.1) is 40.6 Å². The molecule has 4 aromatic heterocycles. The van der Waals surface area contributed by atoms with Gasteiger partial charge < -0.3 is 11.5 Å². The van der Waals surface area contributed by atoms with Gasteiger partial charge in [0.15, 0.2) is 5.65 Å².